The quantitative estimate of drug-likeness (QED) is 0.329. The topological polar surface area (TPSA) is 77.8 Å². The van der Waals surface area contributed by atoms with Gasteiger partial charge in [-0.3, -0.25) is 4.79 Å². The van der Waals surface area contributed by atoms with Gasteiger partial charge in [0.15, 0.2) is 0 Å². The molecule has 0 fully saturated rings. The van der Waals surface area contributed by atoms with E-state index in [4.69, 9.17) is 5.11 Å². The van der Waals surface area contributed by atoms with Crippen molar-refractivity contribution in [2.75, 3.05) is 0 Å². The summed E-state index contributed by atoms with van der Waals surface area (Å²) in [4.78, 5) is 10.3. The van der Waals surface area contributed by atoms with Gasteiger partial charge < -0.3 is 15.3 Å². The van der Waals surface area contributed by atoms with E-state index in [0.29, 0.717) is 12.8 Å². The molecule has 3 N–H and O–H groups in total. The number of carboxylic acid groups (broad SMARTS) is 1. The number of carboxylic acids is 1. The van der Waals surface area contributed by atoms with Gasteiger partial charge in [-0.1, -0.05) is 74.8 Å². The van der Waals surface area contributed by atoms with Crippen LogP contribution in [0.2, 0.25) is 0 Å². The molecule has 0 rings (SSSR count). The fourth-order valence-corrected chi connectivity index (χ4v) is 2.04. The lowest BCUT2D eigenvalue weighted by Gasteiger charge is -2.02. The lowest BCUT2D eigenvalue weighted by Crippen LogP contribution is -2.03. The fraction of sp³-hybridized carbons (Fsp3) is 0.550. The molecule has 0 bridgehead atoms. The highest BCUT2D eigenvalue weighted by molar-refractivity contribution is 5.66. The average molecular weight is 336 g/mol. The van der Waals surface area contributed by atoms with Gasteiger partial charge >= 0.3 is 5.97 Å². The molecule has 136 valence electrons. The highest BCUT2D eigenvalue weighted by Gasteiger charge is 2.01. The Balaban J connectivity index is 3.75. The van der Waals surface area contributed by atoms with E-state index < -0.39 is 12.1 Å². The van der Waals surface area contributed by atoms with Crippen molar-refractivity contribution in [2.45, 2.75) is 70.5 Å². The molecular formula is C20H32O4. The zero-order valence-electron chi connectivity index (χ0n) is 14.7. The molecule has 0 heterocycles. The van der Waals surface area contributed by atoms with Gasteiger partial charge in [0.25, 0.3) is 0 Å². The summed E-state index contributed by atoms with van der Waals surface area (Å²) in [5.74, 6) is -0.833. The molecule has 0 aliphatic rings. The summed E-state index contributed by atoms with van der Waals surface area (Å²) in [6.07, 6.45) is 19.9. The number of rotatable bonds is 14. The van der Waals surface area contributed by atoms with E-state index in [9.17, 15) is 15.0 Å². The van der Waals surface area contributed by atoms with Gasteiger partial charge in [0, 0.05) is 6.42 Å². The Morgan fingerprint density at radius 1 is 0.875 bits per heavy atom. The molecule has 4 heteroatoms. The van der Waals surface area contributed by atoms with E-state index in [0.717, 1.165) is 32.1 Å². The summed E-state index contributed by atoms with van der Waals surface area (Å²) in [6, 6.07) is 0. The summed E-state index contributed by atoms with van der Waals surface area (Å²) in [5, 5.41) is 27.8. The highest BCUT2D eigenvalue weighted by Crippen LogP contribution is 2.04. The average Bonchev–Trinajstić information content (AvgIpc) is 2.53. The van der Waals surface area contributed by atoms with Gasteiger partial charge in [0.2, 0.25) is 0 Å². The maximum atomic E-state index is 10.3. The standard InChI is InChI=1S/C20H32O4/c1-2-3-9-13-18(21)14-10-7-5-4-6-8-11-15-19(22)16-12-17-20(23)24/h5-8,10-11,14-15,18-19,21-22H,2-4,9,12-13,16-17H2,1H3,(H,23,24)/b7-5+,8-6+,14-10+,15-11+/t18-,19?/m0/s1. The molecule has 0 aliphatic carbocycles. The molecule has 0 aromatic rings. The minimum Gasteiger partial charge on any atom is -0.481 e. The normalized spacial score (nSPS) is 15.1. The first kappa shape index (κ1) is 22.4. The third-order valence-electron chi connectivity index (χ3n) is 3.43. The SMILES string of the molecule is CCCCC[C@H](O)/C=C/C=C/C/C=C/C=C/C(O)CCCC(=O)O. The van der Waals surface area contributed by atoms with E-state index in [2.05, 4.69) is 6.92 Å². The zero-order chi connectivity index (χ0) is 18.0. The van der Waals surface area contributed by atoms with E-state index in [-0.39, 0.29) is 12.5 Å². The predicted molar refractivity (Wildman–Crippen MR) is 98.8 cm³/mol. The molecule has 24 heavy (non-hydrogen) atoms. The van der Waals surface area contributed by atoms with Gasteiger partial charge in [-0.2, -0.15) is 0 Å². The maximum Gasteiger partial charge on any atom is 0.303 e. The van der Waals surface area contributed by atoms with Crippen molar-refractivity contribution in [1.29, 1.82) is 0 Å². The summed E-state index contributed by atoms with van der Waals surface area (Å²) in [6.45, 7) is 2.15. The van der Waals surface area contributed by atoms with Crippen molar-refractivity contribution < 1.29 is 20.1 Å². The molecular weight excluding hydrogens is 304 g/mol. The molecule has 0 spiro atoms. The second kappa shape index (κ2) is 16.2. The molecule has 4 nitrogen and oxygen atoms in total. The molecule has 1 unspecified atom stereocenters. The summed E-state index contributed by atoms with van der Waals surface area (Å²) >= 11 is 0. The van der Waals surface area contributed by atoms with Crippen LogP contribution < -0.4 is 0 Å². The van der Waals surface area contributed by atoms with Crippen molar-refractivity contribution in [3.05, 3.63) is 48.6 Å². The predicted octanol–water partition coefficient (Wildman–Crippen LogP) is 4.16. The molecule has 0 aromatic heterocycles. The van der Waals surface area contributed by atoms with Gasteiger partial charge in [-0.15, -0.1) is 0 Å². The molecule has 0 saturated carbocycles. The summed E-state index contributed by atoms with van der Waals surface area (Å²) in [7, 11) is 0. The van der Waals surface area contributed by atoms with Crippen molar-refractivity contribution >= 4 is 5.97 Å². The number of hydrogen-bond donors (Lipinski definition) is 3. The smallest absolute Gasteiger partial charge is 0.303 e. The van der Waals surface area contributed by atoms with Crippen molar-refractivity contribution in [3.8, 4) is 0 Å². The van der Waals surface area contributed by atoms with Crippen LogP contribution >= 0.6 is 0 Å². The van der Waals surface area contributed by atoms with Gasteiger partial charge in [0.1, 0.15) is 0 Å². The molecule has 0 aromatic carbocycles. The monoisotopic (exact) mass is 336 g/mol. The number of aliphatic hydroxyl groups is 2. The van der Waals surface area contributed by atoms with Crippen molar-refractivity contribution in [1.82, 2.24) is 0 Å². The van der Waals surface area contributed by atoms with Gasteiger partial charge in [-0.25, -0.2) is 0 Å². The fourth-order valence-electron chi connectivity index (χ4n) is 2.04. The lowest BCUT2D eigenvalue weighted by atomic mass is 10.1. The second-order valence-electron chi connectivity index (χ2n) is 5.78. The van der Waals surface area contributed by atoms with Gasteiger partial charge in [0.05, 0.1) is 12.2 Å². The van der Waals surface area contributed by atoms with Gasteiger partial charge in [-0.05, 0) is 25.7 Å². The molecule has 0 aliphatic heterocycles. The lowest BCUT2D eigenvalue weighted by molar-refractivity contribution is -0.137. The highest BCUT2D eigenvalue weighted by atomic mass is 16.4. The Labute approximate surface area is 145 Å². The van der Waals surface area contributed by atoms with E-state index >= 15 is 0 Å². The second-order valence-corrected chi connectivity index (χ2v) is 5.78. The van der Waals surface area contributed by atoms with Crippen molar-refractivity contribution in [3.63, 3.8) is 0 Å². The van der Waals surface area contributed by atoms with Crippen LogP contribution in [0.5, 0.6) is 0 Å². The third-order valence-corrected chi connectivity index (χ3v) is 3.43. The molecule has 0 saturated heterocycles. The third kappa shape index (κ3) is 16.7. The zero-order valence-corrected chi connectivity index (χ0v) is 14.7. The first-order valence-corrected chi connectivity index (χ1v) is 8.80. The first-order valence-electron chi connectivity index (χ1n) is 8.80. The molecule has 0 amide bonds. The largest absolute Gasteiger partial charge is 0.481 e. The van der Waals surface area contributed by atoms with Crippen LogP contribution in [-0.4, -0.2) is 33.5 Å². The van der Waals surface area contributed by atoms with Crippen LogP contribution in [0.25, 0.3) is 0 Å². The summed E-state index contributed by atoms with van der Waals surface area (Å²) < 4.78 is 0. The van der Waals surface area contributed by atoms with Crippen LogP contribution in [0.1, 0.15) is 58.3 Å². The Kier molecular flexibility index (Phi) is 15.1. The Morgan fingerprint density at radius 3 is 1.92 bits per heavy atom. The number of allylic oxidation sites excluding steroid dienone is 6. The number of aliphatic hydroxyl groups excluding tert-OH is 2. The van der Waals surface area contributed by atoms with Crippen LogP contribution in [0.3, 0.4) is 0 Å². The first-order chi connectivity index (χ1) is 11.6. The van der Waals surface area contributed by atoms with E-state index in [1.165, 1.54) is 0 Å². The Bertz CT molecular complexity index is 421. The molecule has 2 atom stereocenters. The number of carbonyl (C=O) groups is 1. The minimum atomic E-state index is -0.833. The maximum absolute atomic E-state index is 10.3. The number of unbranched alkanes of at least 4 members (excludes halogenated alkanes) is 2. The Morgan fingerprint density at radius 2 is 1.42 bits per heavy atom. The summed E-state index contributed by atoms with van der Waals surface area (Å²) in [5.41, 5.74) is 0. The number of aliphatic carboxylic acids is 1. The van der Waals surface area contributed by atoms with Crippen LogP contribution in [0.4, 0.5) is 0 Å². The van der Waals surface area contributed by atoms with E-state index in [1.807, 2.05) is 36.5 Å². The molecule has 0 radical (unpaired) electrons. The van der Waals surface area contributed by atoms with E-state index in [1.54, 1.807) is 12.2 Å². The Hall–Kier alpha value is -1.65. The van der Waals surface area contributed by atoms with Crippen LogP contribution in [0.15, 0.2) is 48.6 Å². The minimum absolute atomic E-state index is 0.0896. The van der Waals surface area contributed by atoms with Crippen LogP contribution in [0, 0.1) is 0 Å². The van der Waals surface area contributed by atoms with Crippen molar-refractivity contribution in [2.24, 2.45) is 0 Å². The van der Waals surface area contributed by atoms with Crippen LogP contribution in [-0.2, 0) is 4.79 Å². The number of hydrogen-bond acceptors (Lipinski definition) is 3.